The van der Waals surface area contributed by atoms with Crippen molar-refractivity contribution in [3.05, 3.63) is 0 Å². The Labute approximate surface area is 109 Å². The molecule has 18 heavy (non-hydrogen) atoms. The molecule has 2 atom stereocenters. The van der Waals surface area contributed by atoms with Gasteiger partial charge in [-0.2, -0.15) is 11.8 Å². The molecule has 0 aromatic rings. The number of urea groups is 1. The third-order valence-corrected chi connectivity index (χ3v) is 3.08. The predicted molar refractivity (Wildman–Crippen MR) is 67.8 cm³/mol. The maximum absolute atomic E-state index is 11.4. The lowest BCUT2D eigenvalue weighted by atomic mass is 10.2. The maximum Gasteiger partial charge on any atom is 0.326 e. The second-order valence-electron chi connectivity index (χ2n) is 3.67. The number of rotatable bonds is 8. The van der Waals surface area contributed by atoms with Gasteiger partial charge < -0.3 is 20.8 Å². The minimum absolute atomic E-state index is 0.116. The molecule has 1 unspecified atom stereocenters. The van der Waals surface area contributed by atoms with Crippen molar-refractivity contribution in [1.29, 1.82) is 0 Å². The summed E-state index contributed by atoms with van der Waals surface area (Å²) in [5.74, 6) is -1.02. The van der Waals surface area contributed by atoms with E-state index in [-0.39, 0.29) is 6.04 Å². The number of carbonyl (C=O) groups excluding carboxylic acids is 1. The first-order valence-corrected chi connectivity index (χ1v) is 6.61. The standard InChI is InChI=1S/C10H18N2O5S/c1-3-18-5-6(2)11-10(17)12-7(9(15)16)4-8(13)14/h6-7H,3-5H2,1-2H3,(H,13,14)(H,15,16)(H2,11,12,17)/t6?,7-/m0/s1. The van der Waals surface area contributed by atoms with E-state index in [9.17, 15) is 14.4 Å². The summed E-state index contributed by atoms with van der Waals surface area (Å²) in [7, 11) is 0. The highest BCUT2D eigenvalue weighted by Crippen LogP contribution is 2.01. The largest absolute Gasteiger partial charge is 0.481 e. The third-order valence-electron chi connectivity index (χ3n) is 1.93. The van der Waals surface area contributed by atoms with Crippen LogP contribution in [0.25, 0.3) is 0 Å². The Morgan fingerprint density at radius 2 is 1.83 bits per heavy atom. The molecule has 0 saturated heterocycles. The quantitative estimate of drug-likeness (QED) is 0.509. The van der Waals surface area contributed by atoms with Gasteiger partial charge in [-0.25, -0.2) is 9.59 Å². The van der Waals surface area contributed by atoms with Crippen LogP contribution in [-0.4, -0.2) is 51.8 Å². The van der Waals surface area contributed by atoms with Gasteiger partial charge in [0, 0.05) is 11.8 Å². The fourth-order valence-corrected chi connectivity index (χ4v) is 1.81. The Hall–Kier alpha value is -1.44. The summed E-state index contributed by atoms with van der Waals surface area (Å²) in [6.07, 6.45) is -0.652. The minimum Gasteiger partial charge on any atom is -0.481 e. The zero-order valence-electron chi connectivity index (χ0n) is 10.3. The molecule has 0 aliphatic carbocycles. The Morgan fingerprint density at radius 3 is 2.28 bits per heavy atom. The molecule has 0 fully saturated rings. The molecule has 8 heteroatoms. The maximum atomic E-state index is 11.4. The van der Waals surface area contributed by atoms with E-state index in [2.05, 4.69) is 10.6 Å². The molecule has 7 nitrogen and oxygen atoms in total. The fourth-order valence-electron chi connectivity index (χ4n) is 1.13. The molecule has 0 aromatic carbocycles. The predicted octanol–water partition coefficient (Wildman–Crippen LogP) is 0.355. The van der Waals surface area contributed by atoms with Crippen LogP contribution in [0.15, 0.2) is 0 Å². The van der Waals surface area contributed by atoms with Crippen LogP contribution in [0.4, 0.5) is 4.79 Å². The molecule has 2 amide bonds. The molecule has 0 heterocycles. The Kier molecular flexibility index (Phi) is 7.93. The van der Waals surface area contributed by atoms with E-state index in [1.165, 1.54) is 0 Å². The van der Waals surface area contributed by atoms with Gasteiger partial charge in [0.25, 0.3) is 0 Å². The van der Waals surface area contributed by atoms with Gasteiger partial charge in [-0.1, -0.05) is 6.92 Å². The molecular weight excluding hydrogens is 260 g/mol. The zero-order chi connectivity index (χ0) is 14.1. The van der Waals surface area contributed by atoms with Crippen LogP contribution in [0.3, 0.4) is 0 Å². The Balaban J connectivity index is 4.17. The number of aliphatic carboxylic acids is 2. The van der Waals surface area contributed by atoms with Crippen molar-refractivity contribution < 1.29 is 24.6 Å². The number of amides is 2. The first-order chi connectivity index (χ1) is 8.36. The summed E-state index contributed by atoms with van der Waals surface area (Å²) in [6, 6.07) is -2.21. The first-order valence-electron chi connectivity index (χ1n) is 5.46. The number of carboxylic acid groups (broad SMARTS) is 2. The average molecular weight is 278 g/mol. The van der Waals surface area contributed by atoms with Gasteiger partial charge in [-0.05, 0) is 12.7 Å². The van der Waals surface area contributed by atoms with Crippen molar-refractivity contribution >= 4 is 29.7 Å². The molecule has 0 saturated carbocycles. The number of nitrogens with one attached hydrogen (secondary N) is 2. The summed E-state index contributed by atoms with van der Waals surface area (Å²) in [4.78, 5) is 32.6. The normalized spacial score (nSPS) is 13.4. The highest BCUT2D eigenvalue weighted by atomic mass is 32.2. The summed E-state index contributed by atoms with van der Waals surface area (Å²) in [6.45, 7) is 3.78. The second-order valence-corrected chi connectivity index (χ2v) is 4.99. The molecule has 0 bridgehead atoms. The van der Waals surface area contributed by atoms with Gasteiger partial charge in [-0.15, -0.1) is 0 Å². The lowest BCUT2D eigenvalue weighted by Gasteiger charge is -2.17. The SMILES string of the molecule is CCSCC(C)NC(=O)N[C@@H](CC(=O)O)C(=O)O. The topological polar surface area (TPSA) is 116 Å². The number of hydrogen-bond acceptors (Lipinski definition) is 4. The molecule has 0 rings (SSSR count). The van der Waals surface area contributed by atoms with E-state index in [0.717, 1.165) is 5.75 Å². The van der Waals surface area contributed by atoms with Crippen molar-refractivity contribution in [1.82, 2.24) is 10.6 Å². The van der Waals surface area contributed by atoms with Crippen molar-refractivity contribution in [2.24, 2.45) is 0 Å². The van der Waals surface area contributed by atoms with Crippen LogP contribution in [0.1, 0.15) is 20.3 Å². The van der Waals surface area contributed by atoms with Gasteiger partial charge in [0.2, 0.25) is 0 Å². The van der Waals surface area contributed by atoms with E-state index in [1.54, 1.807) is 18.7 Å². The van der Waals surface area contributed by atoms with Crippen LogP contribution in [0.5, 0.6) is 0 Å². The number of carboxylic acids is 2. The smallest absolute Gasteiger partial charge is 0.326 e. The summed E-state index contributed by atoms with van der Waals surface area (Å²) >= 11 is 1.64. The number of hydrogen-bond donors (Lipinski definition) is 4. The average Bonchev–Trinajstić information content (AvgIpc) is 2.24. The highest BCUT2D eigenvalue weighted by molar-refractivity contribution is 7.99. The molecule has 0 aliphatic rings. The summed E-state index contributed by atoms with van der Waals surface area (Å²) < 4.78 is 0. The van der Waals surface area contributed by atoms with Gasteiger partial charge in [-0.3, -0.25) is 4.79 Å². The zero-order valence-corrected chi connectivity index (χ0v) is 11.1. The first kappa shape index (κ1) is 16.6. The third kappa shape index (κ3) is 7.77. The molecule has 4 N–H and O–H groups in total. The van der Waals surface area contributed by atoms with Crippen molar-refractivity contribution in [2.75, 3.05) is 11.5 Å². The lowest BCUT2D eigenvalue weighted by Crippen LogP contribution is -2.49. The van der Waals surface area contributed by atoms with Gasteiger partial charge in [0.1, 0.15) is 6.04 Å². The monoisotopic (exact) mass is 278 g/mol. The van der Waals surface area contributed by atoms with Gasteiger partial charge in [0.05, 0.1) is 6.42 Å². The van der Waals surface area contributed by atoms with Crippen molar-refractivity contribution in [3.63, 3.8) is 0 Å². The van der Waals surface area contributed by atoms with Crippen molar-refractivity contribution in [3.8, 4) is 0 Å². The Morgan fingerprint density at radius 1 is 1.22 bits per heavy atom. The molecule has 0 aliphatic heterocycles. The van der Waals surface area contributed by atoms with E-state index in [0.29, 0.717) is 5.75 Å². The molecule has 0 radical (unpaired) electrons. The molecule has 0 spiro atoms. The summed E-state index contributed by atoms with van der Waals surface area (Å²) in [5.41, 5.74) is 0. The Bertz CT molecular complexity index is 311. The van der Waals surface area contributed by atoms with E-state index < -0.39 is 30.4 Å². The fraction of sp³-hybridized carbons (Fsp3) is 0.700. The van der Waals surface area contributed by atoms with Crippen LogP contribution in [0.2, 0.25) is 0 Å². The van der Waals surface area contributed by atoms with E-state index >= 15 is 0 Å². The number of carbonyl (C=O) groups is 3. The van der Waals surface area contributed by atoms with Gasteiger partial charge in [0.15, 0.2) is 0 Å². The summed E-state index contributed by atoms with van der Waals surface area (Å²) in [5, 5.41) is 21.9. The minimum atomic E-state index is -1.42. The molecule has 0 aromatic heterocycles. The molecular formula is C10H18N2O5S. The molecule has 104 valence electrons. The van der Waals surface area contributed by atoms with E-state index in [1.807, 2.05) is 6.92 Å². The van der Waals surface area contributed by atoms with Crippen LogP contribution in [0, 0.1) is 0 Å². The lowest BCUT2D eigenvalue weighted by molar-refractivity contribution is -0.145. The van der Waals surface area contributed by atoms with Crippen LogP contribution in [-0.2, 0) is 9.59 Å². The van der Waals surface area contributed by atoms with Crippen LogP contribution >= 0.6 is 11.8 Å². The second kappa shape index (κ2) is 8.62. The van der Waals surface area contributed by atoms with E-state index in [4.69, 9.17) is 10.2 Å². The highest BCUT2D eigenvalue weighted by Gasteiger charge is 2.23. The van der Waals surface area contributed by atoms with Crippen LogP contribution < -0.4 is 10.6 Å². The number of thioether (sulfide) groups is 1. The van der Waals surface area contributed by atoms with Gasteiger partial charge >= 0.3 is 18.0 Å². The van der Waals surface area contributed by atoms with Crippen molar-refractivity contribution in [2.45, 2.75) is 32.4 Å².